The average Bonchev–Trinajstić information content (AvgIpc) is 2.94. The second-order valence-corrected chi connectivity index (χ2v) is 9.43. The fraction of sp³-hybridized carbons (Fsp3) is 0.188. The van der Waals surface area contributed by atoms with E-state index in [1.54, 1.807) is 38.1 Å². The minimum Gasteiger partial charge on any atom is -0.431 e. The first-order valence-electron chi connectivity index (χ1n) is 12.9. The molecule has 0 saturated carbocycles. The number of carbonyl (C=O) groups excluding carboxylic acids is 2. The van der Waals surface area contributed by atoms with Crippen molar-refractivity contribution in [1.29, 1.82) is 0 Å². The van der Waals surface area contributed by atoms with Crippen molar-refractivity contribution in [2.75, 3.05) is 11.5 Å². The first-order chi connectivity index (χ1) is 19.2. The van der Waals surface area contributed by atoms with E-state index >= 15 is 0 Å². The zero-order valence-corrected chi connectivity index (χ0v) is 22.4. The second kappa shape index (κ2) is 13.2. The first-order valence-corrected chi connectivity index (χ1v) is 12.9. The van der Waals surface area contributed by atoms with Crippen LogP contribution in [0.25, 0.3) is 22.3 Å². The Labute approximate surface area is 233 Å². The van der Waals surface area contributed by atoms with E-state index < -0.39 is 24.5 Å². The van der Waals surface area contributed by atoms with Crippen LogP contribution in [0.5, 0.6) is 11.5 Å². The van der Waals surface area contributed by atoms with Crippen molar-refractivity contribution < 1.29 is 28.5 Å². The predicted octanol–water partition coefficient (Wildman–Crippen LogP) is 7.47. The van der Waals surface area contributed by atoms with E-state index in [1.165, 1.54) is 0 Å². The molecule has 0 fully saturated rings. The number of anilines is 2. The van der Waals surface area contributed by atoms with Gasteiger partial charge >= 0.3 is 12.3 Å². The number of rotatable bonds is 9. The molecule has 4 aromatic rings. The van der Waals surface area contributed by atoms with Crippen molar-refractivity contribution in [2.45, 2.75) is 38.9 Å². The molecule has 0 aliphatic heterocycles. The Hall–Kier alpha value is -4.98. The number of hydrogen-bond donors (Lipinski definition) is 2. The summed E-state index contributed by atoms with van der Waals surface area (Å²) >= 11 is 0. The summed E-state index contributed by atoms with van der Waals surface area (Å²) in [4.78, 5) is 24.4. The van der Waals surface area contributed by atoms with Crippen LogP contribution >= 0.6 is 0 Å². The molecule has 8 nitrogen and oxygen atoms in total. The van der Waals surface area contributed by atoms with Crippen molar-refractivity contribution in [2.24, 2.45) is 0 Å². The lowest BCUT2D eigenvalue weighted by molar-refractivity contribution is 0.0390. The molecule has 4 aromatic carbocycles. The van der Waals surface area contributed by atoms with E-state index in [9.17, 15) is 9.59 Å². The third-order valence-electron chi connectivity index (χ3n) is 6.17. The standard InChI is InChI=1S/C32H32N2O6/c1-21(37-31(35)39-29-17-9-25(10-18-29)23-5-13-27(33)14-6-23)3-4-22(2)38-32(36)40-30-19-11-26(12-20-30)24-7-15-28(34)16-8-24/h5-22H,3-4,33-34H2,1-2H3. The maximum Gasteiger partial charge on any atom is 0.514 e. The van der Waals surface area contributed by atoms with Gasteiger partial charge in [0.05, 0.1) is 0 Å². The van der Waals surface area contributed by atoms with Crippen LogP contribution in [-0.2, 0) is 9.47 Å². The average molecular weight is 541 g/mol. The Morgan fingerprint density at radius 1 is 0.525 bits per heavy atom. The summed E-state index contributed by atoms with van der Waals surface area (Å²) in [7, 11) is 0. The van der Waals surface area contributed by atoms with Gasteiger partial charge in [0.25, 0.3) is 0 Å². The Bertz CT molecular complexity index is 1290. The highest BCUT2D eigenvalue weighted by Crippen LogP contribution is 2.25. The fourth-order valence-corrected chi connectivity index (χ4v) is 3.94. The second-order valence-electron chi connectivity index (χ2n) is 9.43. The zero-order chi connectivity index (χ0) is 28.5. The Morgan fingerprint density at radius 2 is 0.800 bits per heavy atom. The minimum absolute atomic E-state index is 0.373. The minimum atomic E-state index is -0.803. The van der Waals surface area contributed by atoms with E-state index in [1.807, 2.05) is 72.8 Å². The van der Waals surface area contributed by atoms with Crippen molar-refractivity contribution >= 4 is 23.7 Å². The SMILES string of the molecule is CC(CCC(C)OC(=O)Oc1ccc(-c2ccc(N)cc2)cc1)OC(=O)Oc1ccc(-c2ccc(N)cc2)cc1. The van der Waals surface area contributed by atoms with Gasteiger partial charge < -0.3 is 30.4 Å². The lowest BCUT2D eigenvalue weighted by Gasteiger charge is -2.17. The summed E-state index contributed by atoms with van der Waals surface area (Å²) in [5.41, 5.74) is 16.8. The van der Waals surface area contributed by atoms with Gasteiger partial charge in [-0.3, -0.25) is 0 Å². The van der Waals surface area contributed by atoms with Crippen LogP contribution < -0.4 is 20.9 Å². The number of benzene rings is 4. The molecule has 4 rings (SSSR count). The molecular formula is C32H32N2O6. The Morgan fingerprint density at radius 3 is 1.10 bits per heavy atom. The van der Waals surface area contributed by atoms with Gasteiger partial charge in [-0.05, 0) is 97.5 Å². The summed E-state index contributed by atoms with van der Waals surface area (Å²) in [6, 6.07) is 29.2. The molecule has 8 heteroatoms. The highest BCUT2D eigenvalue weighted by molar-refractivity contribution is 5.69. The summed E-state index contributed by atoms with van der Waals surface area (Å²) in [6.07, 6.45) is -1.55. The molecule has 206 valence electrons. The van der Waals surface area contributed by atoms with Crippen LogP contribution in [0.2, 0.25) is 0 Å². The van der Waals surface area contributed by atoms with E-state index in [4.69, 9.17) is 30.4 Å². The van der Waals surface area contributed by atoms with Crippen LogP contribution in [0.3, 0.4) is 0 Å². The van der Waals surface area contributed by atoms with Gasteiger partial charge in [0.2, 0.25) is 0 Å². The number of carbonyl (C=O) groups is 2. The van der Waals surface area contributed by atoms with Crippen LogP contribution in [0, 0.1) is 0 Å². The van der Waals surface area contributed by atoms with Gasteiger partial charge in [-0.25, -0.2) is 9.59 Å². The van der Waals surface area contributed by atoms with Gasteiger partial charge in [0, 0.05) is 11.4 Å². The van der Waals surface area contributed by atoms with Gasteiger partial charge in [-0.1, -0.05) is 48.5 Å². The van der Waals surface area contributed by atoms with Gasteiger partial charge in [-0.15, -0.1) is 0 Å². The summed E-state index contributed by atoms with van der Waals surface area (Å²) in [5, 5.41) is 0. The molecule has 4 N–H and O–H groups in total. The molecule has 0 aromatic heterocycles. The predicted molar refractivity (Wildman–Crippen MR) is 155 cm³/mol. The number of nitrogens with two attached hydrogens (primary N) is 2. The molecule has 2 unspecified atom stereocenters. The number of nitrogen functional groups attached to an aromatic ring is 2. The highest BCUT2D eigenvalue weighted by Gasteiger charge is 2.17. The van der Waals surface area contributed by atoms with Crippen molar-refractivity contribution in [3.63, 3.8) is 0 Å². The van der Waals surface area contributed by atoms with Crippen molar-refractivity contribution in [3.8, 4) is 33.8 Å². The molecule has 2 atom stereocenters. The lowest BCUT2D eigenvalue weighted by Crippen LogP contribution is -2.22. The molecule has 0 spiro atoms. The quantitative estimate of drug-likeness (QED) is 0.127. The van der Waals surface area contributed by atoms with Crippen LogP contribution in [0.4, 0.5) is 21.0 Å². The number of hydrogen-bond acceptors (Lipinski definition) is 8. The lowest BCUT2D eigenvalue weighted by atomic mass is 10.1. The fourth-order valence-electron chi connectivity index (χ4n) is 3.94. The van der Waals surface area contributed by atoms with E-state index in [0.29, 0.717) is 35.7 Å². The Kier molecular flexibility index (Phi) is 9.25. The molecular weight excluding hydrogens is 508 g/mol. The van der Waals surface area contributed by atoms with E-state index in [0.717, 1.165) is 22.3 Å². The molecule has 0 bridgehead atoms. The van der Waals surface area contributed by atoms with Crippen LogP contribution in [0.15, 0.2) is 97.1 Å². The molecule has 0 aliphatic carbocycles. The summed E-state index contributed by atoms with van der Waals surface area (Å²) < 4.78 is 21.2. The molecule has 0 aliphatic rings. The molecule has 0 heterocycles. The topological polar surface area (TPSA) is 123 Å². The first kappa shape index (κ1) is 28.0. The molecule has 40 heavy (non-hydrogen) atoms. The molecule has 0 saturated heterocycles. The number of ether oxygens (including phenoxy) is 4. The van der Waals surface area contributed by atoms with Gasteiger partial charge in [0.15, 0.2) is 0 Å². The van der Waals surface area contributed by atoms with Gasteiger partial charge in [0.1, 0.15) is 23.7 Å². The smallest absolute Gasteiger partial charge is 0.431 e. The summed E-state index contributed by atoms with van der Waals surface area (Å²) in [5.74, 6) is 0.745. The molecule has 0 radical (unpaired) electrons. The normalized spacial score (nSPS) is 12.2. The monoisotopic (exact) mass is 540 g/mol. The van der Waals surface area contributed by atoms with E-state index in [2.05, 4.69) is 0 Å². The van der Waals surface area contributed by atoms with Crippen molar-refractivity contribution in [3.05, 3.63) is 97.1 Å². The summed E-state index contributed by atoms with van der Waals surface area (Å²) in [6.45, 7) is 3.50. The van der Waals surface area contributed by atoms with Crippen molar-refractivity contribution in [1.82, 2.24) is 0 Å². The van der Waals surface area contributed by atoms with E-state index in [-0.39, 0.29) is 0 Å². The van der Waals surface area contributed by atoms with Gasteiger partial charge in [-0.2, -0.15) is 0 Å². The molecule has 0 amide bonds. The Balaban J connectivity index is 1.16. The third-order valence-corrected chi connectivity index (χ3v) is 6.17. The highest BCUT2D eigenvalue weighted by atomic mass is 16.7. The zero-order valence-electron chi connectivity index (χ0n) is 22.4. The third kappa shape index (κ3) is 8.26. The maximum absolute atomic E-state index is 12.2. The van der Waals surface area contributed by atoms with Crippen LogP contribution in [-0.4, -0.2) is 24.5 Å². The largest absolute Gasteiger partial charge is 0.514 e. The maximum atomic E-state index is 12.2. The van der Waals surface area contributed by atoms with Crippen LogP contribution in [0.1, 0.15) is 26.7 Å².